The fourth-order valence-corrected chi connectivity index (χ4v) is 2.40. The van der Waals surface area contributed by atoms with E-state index in [1.165, 1.54) is 0 Å². The molecule has 2 amide bonds. The lowest BCUT2D eigenvalue weighted by atomic mass is 10.2. The average Bonchev–Trinajstić information content (AvgIpc) is 3.19. The van der Waals surface area contributed by atoms with Gasteiger partial charge in [0.1, 0.15) is 0 Å². The molecule has 2 aromatic rings. The van der Waals surface area contributed by atoms with Gasteiger partial charge in [-0.25, -0.2) is 0 Å². The summed E-state index contributed by atoms with van der Waals surface area (Å²) in [4.78, 5) is 27.3. The number of nitrogens with zero attached hydrogens (tertiary/aromatic N) is 2. The molecule has 0 unspecified atom stereocenters. The van der Waals surface area contributed by atoms with Crippen LogP contribution in [0.4, 0.5) is 0 Å². The maximum absolute atomic E-state index is 11.7. The van der Waals surface area contributed by atoms with Crippen molar-refractivity contribution < 1.29 is 14.1 Å². The van der Waals surface area contributed by atoms with E-state index in [4.69, 9.17) is 4.52 Å². The zero-order chi connectivity index (χ0) is 16.7. The van der Waals surface area contributed by atoms with E-state index in [2.05, 4.69) is 20.8 Å². The minimum atomic E-state index is -0.112. The molecule has 0 spiro atoms. The third-order valence-corrected chi connectivity index (χ3v) is 3.77. The molecule has 2 heterocycles. The van der Waals surface area contributed by atoms with E-state index in [9.17, 15) is 9.59 Å². The van der Waals surface area contributed by atoms with Gasteiger partial charge >= 0.3 is 0 Å². The molecule has 7 nitrogen and oxygen atoms in total. The molecule has 2 aromatic heterocycles. The molecule has 0 fully saturated rings. The highest BCUT2D eigenvalue weighted by molar-refractivity contribution is 7.08. The summed E-state index contributed by atoms with van der Waals surface area (Å²) in [6, 6.07) is 1.91. The van der Waals surface area contributed by atoms with Crippen LogP contribution in [0.2, 0.25) is 0 Å². The van der Waals surface area contributed by atoms with Crippen molar-refractivity contribution in [2.75, 3.05) is 13.1 Å². The number of carbonyl (C=O) groups excluding carboxylic acids is 2. The topological polar surface area (TPSA) is 97.1 Å². The number of amides is 2. The Morgan fingerprint density at radius 2 is 2.09 bits per heavy atom. The van der Waals surface area contributed by atoms with Crippen LogP contribution in [-0.2, 0) is 16.0 Å². The van der Waals surface area contributed by atoms with Crippen LogP contribution in [0.3, 0.4) is 0 Å². The van der Waals surface area contributed by atoms with Crippen molar-refractivity contribution in [3.8, 4) is 11.4 Å². The molecule has 0 radical (unpaired) electrons. The summed E-state index contributed by atoms with van der Waals surface area (Å²) in [7, 11) is 0. The number of carbonyl (C=O) groups is 2. The van der Waals surface area contributed by atoms with Crippen LogP contribution in [0.1, 0.15) is 26.2 Å². The highest BCUT2D eigenvalue weighted by atomic mass is 32.1. The lowest BCUT2D eigenvalue weighted by Gasteiger charge is -2.08. The predicted octanol–water partition coefficient (Wildman–Crippen LogP) is 1.62. The molecule has 0 aromatic carbocycles. The van der Waals surface area contributed by atoms with Gasteiger partial charge in [0.05, 0.1) is 0 Å². The zero-order valence-corrected chi connectivity index (χ0v) is 14.0. The van der Waals surface area contributed by atoms with Gasteiger partial charge in [-0.05, 0) is 11.4 Å². The third-order valence-electron chi connectivity index (χ3n) is 3.08. The summed E-state index contributed by atoms with van der Waals surface area (Å²) in [5.41, 5.74) is 0.912. The van der Waals surface area contributed by atoms with Crippen molar-refractivity contribution in [2.45, 2.75) is 26.7 Å². The Kier molecular flexibility index (Phi) is 6.28. The molecular weight excluding hydrogens is 316 g/mol. The summed E-state index contributed by atoms with van der Waals surface area (Å²) < 4.78 is 5.13. The largest absolute Gasteiger partial charge is 0.354 e. The highest BCUT2D eigenvalue weighted by Crippen LogP contribution is 2.18. The van der Waals surface area contributed by atoms with Crippen LogP contribution < -0.4 is 10.6 Å². The number of thiophene rings is 1. The summed E-state index contributed by atoms with van der Waals surface area (Å²) in [6.45, 7) is 4.47. The van der Waals surface area contributed by atoms with E-state index in [1.54, 1.807) is 11.3 Å². The molecule has 0 aliphatic carbocycles. The number of rotatable bonds is 8. The van der Waals surface area contributed by atoms with Crippen molar-refractivity contribution in [1.29, 1.82) is 0 Å². The molecule has 2 N–H and O–H groups in total. The van der Waals surface area contributed by atoms with Gasteiger partial charge in [-0.3, -0.25) is 9.59 Å². The van der Waals surface area contributed by atoms with Crippen molar-refractivity contribution >= 4 is 23.2 Å². The Balaban J connectivity index is 1.66. The fraction of sp³-hybridized carbons (Fsp3) is 0.467. The standard InChI is InChI=1S/C15H20N4O3S/c1-10(2)15(21)17-7-6-16-12(20)3-4-13-18-14(19-22-13)11-5-8-23-9-11/h5,8-10H,3-4,6-7H2,1-2H3,(H,16,20)(H,17,21). The van der Waals surface area contributed by atoms with Gasteiger partial charge in [-0.15, -0.1) is 0 Å². The third kappa shape index (κ3) is 5.48. The van der Waals surface area contributed by atoms with Crippen molar-refractivity contribution in [2.24, 2.45) is 5.92 Å². The smallest absolute Gasteiger partial charge is 0.227 e. The van der Waals surface area contributed by atoms with Gasteiger partial charge in [0.25, 0.3) is 0 Å². The van der Waals surface area contributed by atoms with E-state index >= 15 is 0 Å². The first-order chi connectivity index (χ1) is 11.1. The molecule has 0 atom stereocenters. The minimum Gasteiger partial charge on any atom is -0.354 e. The van der Waals surface area contributed by atoms with Crippen molar-refractivity contribution in [1.82, 2.24) is 20.8 Å². The molecule has 0 aliphatic rings. The Hall–Kier alpha value is -2.22. The van der Waals surface area contributed by atoms with Gasteiger partial charge in [-0.1, -0.05) is 19.0 Å². The first-order valence-electron chi connectivity index (χ1n) is 7.46. The van der Waals surface area contributed by atoms with Gasteiger partial charge in [0.15, 0.2) is 0 Å². The quantitative estimate of drug-likeness (QED) is 0.714. The first kappa shape index (κ1) is 17.1. The molecule has 0 saturated carbocycles. The SMILES string of the molecule is CC(C)C(=O)NCCNC(=O)CCc1nc(-c2ccsc2)no1. The lowest BCUT2D eigenvalue weighted by molar-refractivity contribution is -0.124. The minimum absolute atomic E-state index is 0.0222. The Morgan fingerprint density at radius 3 is 2.78 bits per heavy atom. The Morgan fingerprint density at radius 1 is 1.30 bits per heavy atom. The Labute approximate surface area is 138 Å². The van der Waals surface area contributed by atoms with Crippen molar-refractivity contribution in [3.63, 3.8) is 0 Å². The molecule has 8 heteroatoms. The average molecular weight is 336 g/mol. The van der Waals surface area contributed by atoms with Crippen LogP contribution in [0.25, 0.3) is 11.4 Å². The maximum atomic E-state index is 11.7. The van der Waals surface area contributed by atoms with Crippen LogP contribution in [-0.4, -0.2) is 35.0 Å². The second kappa shape index (κ2) is 8.42. The van der Waals surface area contributed by atoms with Crippen LogP contribution in [0.15, 0.2) is 21.3 Å². The zero-order valence-electron chi connectivity index (χ0n) is 13.2. The Bertz CT molecular complexity index is 637. The van der Waals surface area contributed by atoms with E-state index < -0.39 is 0 Å². The molecule has 0 bridgehead atoms. The second-order valence-corrected chi connectivity index (χ2v) is 6.10. The summed E-state index contributed by atoms with van der Waals surface area (Å²) >= 11 is 1.56. The molecule has 0 aliphatic heterocycles. The van der Waals surface area contributed by atoms with Gasteiger partial charge in [0, 0.05) is 42.8 Å². The molecule has 0 saturated heterocycles. The van der Waals surface area contributed by atoms with Crippen LogP contribution >= 0.6 is 11.3 Å². The van der Waals surface area contributed by atoms with Gasteiger partial charge in [-0.2, -0.15) is 16.3 Å². The highest BCUT2D eigenvalue weighted by Gasteiger charge is 2.11. The maximum Gasteiger partial charge on any atom is 0.227 e. The molecule has 124 valence electrons. The lowest BCUT2D eigenvalue weighted by Crippen LogP contribution is -2.36. The number of nitrogens with one attached hydrogen (secondary N) is 2. The van der Waals surface area contributed by atoms with E-state index in [-0.39, 0.29) is 24.2 Å². The second-order valence-electron chi connectivity index (χ2n) is 5.32. The number of aromatic nitrogens is 2. The predicted molar refractivity (Wildman–Crippen MR) is 86.8 cm³/mol. The number of hydrogen-bond acceptors (Lipinski definition) is 6. The monoisotopic (exact) mass is 336 g/mol. The molecular formula is C15H20N4O3S. The van der Waals surface area contributed by atoms with Crippen molar-refractivity contribution in [3.05, 3.63) is 22.7 Å². The number of hydrogen-bond donors (Lipinski definition) is 2. The molecule has 23 heavy (non-hydrogen) atoms. The van der Waals surface area contributed by atoms with Crippen LogP contribution in [0, 0.1) is 5.92 Å². The van der Waals surface area contributed by atoms with Gasteiger partial charge in [0.2, 0.25) is 23.5 Å². The van der Waals surface area contributed by atoms with Gasteiger partial charge < -0.3 is 15.2 Å². The summed E-state index contributed by atoms with van der Waals surface area (Å²) in [5.74, 6) is 0.790. The van der Waals surface area contributed by atoms with Crippen LogP contribution in [0.5, 0.6) is 0 Å². The van der Waals surface area contributed by atoms with E-state index in [1.807, 2.05) is 30.7 Å². The molecule has 2 rings (SSSR count). The first-order valence-corrected chi connectivity index (χ1v) is 8.40. The number of aryl methyl sites for hydroxylation is 1. The summed E-state index contributed by atoms with van der Waals surface area (Å²) in [6.07, 6.45) is 0.657. The normalized spacial score (nSPS) is 10.7. The summed E-state index contributed by atoms with van der Waals surface area (Å²) in [5, 5.41) is 13.2. The fourth-order valence-electron chi connectivity index (χ4n) is 1.77. The van der Waals surface area contributed by atoms with E-state index in [0.29, 0.717) is 31.2 Å². The van der Waals surface area contributed by atoms with E-state index in [0.717, 1.165) is 5.56 Å².